The van der Waals surface area contributed by atoms with Gasteiger partial charge in [0.2, 0.25) is 0 Å². The molecule has 4 nitrogen and oxygen atoms in total. The summed E-state index contributed by atoms with van der Waals surface area (Å²) in [6.45, 7) is 6.45. The minimum atomic E-state index is -0.353. The van der Waals surface area contributed by atoms with E-state index in [1.54, 1.807) is 24.5 Å². The van der Waals surface area contributed by atoms with E-state index in [9.17, 15) is 9.18 Å². The number of amides is 1. The number of halogens is 1. The van der Waals surface area contributed by atoms with Crippen molar-refractivity contribution in [1.29, 1.82) is 0 Å². The van der Waals surface area contributed by atoms with Gasteiger partial charge in [0.15, 0.2) is 0 Å². The molecule has 0 spiro atoms. The van der Waals surface area contributed by atoms with Gasteiger partial charge in [-0.1, -0.05) is 44.2 Å². The Kier molecular flexibility index (Phi) is 5.51. The Labute approximate surface area is 181 Å². The van der Waals surface area contributed by atoms with Crippen LogP contribution in [0, 0.1) is 12.7 Å². The Morgan fingerprint density at radius 3 is 2.55 bits per heavy atom. The van der Waals surface area contributed by atoms with E-state index >= 15 is 0 Å². The number of hydrogen-bond donors (Lipinski definition) is 1. The second-order valence-corrected chi connectivity index (χ2v) is 8.34. The second kappa shape index (κ2) is 8.26. The second-order valence-electron chi connectivity index (χ2n) is 8.34. The van der Waals surface area contributed by atoms with Crippen molar-refractivity contribution < 1.29 is 9.18 Å². The van der Waals surface area contributed by atoms with Crippen LogP contribution in [-0.2, 0) is 5.41 Å². The van der Waals surface area contributed by atoms with Gasteiger partial charge >= 0.3 is 0 Å². The number of carbonyl (C=O) groups excluding carboxylic acids is 1. The molecule has 1 N–H and O–H groups in total. The number of carbonyl (C=O) groups is 1. The zero-order valence-corrected chi connectivity index (χ0v) is 17.8. The predicted octanol–water partition coefficient (Wildman–Crippen LogP) is 5.45. The van der Waals surface area contributed by atoms with Crippen molar-refractivity contribution in [2.45, 2.75) is 26.2 Å². The molecular formula is C26H24FN3O. The van der Waals surface area contributed by atoms with Gasteiger partial charge in [0, 0.05) is 35.3 Å². The molecule has 0 bridgehead atoms. The van der Waals surface area contributed by atoms with Crippen molar-refractivity contribution in [3.05, 3.63) is 95.6 Å². The van der Waals surface area contributed by atoms with Crippen molar-refractivity contribution in [3.63, 3.8) is 0 Å². The van der Waals surface area contributed by atoms with Gasteiger partial charge in [-0.25, -0.2) is 9.37 Å². The van der Waals surface area contributed by atoms with Crippen LogP contribution < -0.4 is 5.32 Å². The van der Waals surface area contributed by atoms with Gasteiger partial charge in [-0.05, 0) is 48.4 Å². The van der Waals surface area contributed by atoms with Crippen LogP contribution in [-0.4, -0.2) is 22.4 Å². The van der Waals surface area contributed by atoms with Gasteiger partial charge in [-0.2, -0.15) is 0 Å². The first kappa shape index (κ1) is 20.7. The van der Waals surface area contributed by atoms with Crippen LogP contribution in [0.1, 0.15) is 35.3 Å². The number of aromatic nitrogens is 2. The summed E-state index contributed by atoms with van der Waals surface area (Å²) in [5.74, 6) is -0.441. The summed E-state index contributed by atoms with van der Waals surface area (Å²) in [5.41, 5.74) is 4.54. The highest BCUT2D eigenvalue weighted by atomic mass is 19.1. The Hall–Kier alpha value is -3.60. The highest BCUT2D eigenvalue weighted by Crippen LogP contribution is 2.27. The number of fused-ring (bicyclic) bond motifs is 1. The van der Waals surface area contributed by atoms with Crippen LogP contribution >= 0.6 is 0 Å². The Bertz CT molecular complexity index is 1230. The van der Waals surface area contributed by atoms with Gasteiger partial charge < -0.3 is 5.32 Å². The Morgan fingerprint density at radius 2 is 1.84 bits per heavy atom. The molecule has 0 aliphatic heterocycles. The molecule has 4 rings (SSSR count). The maximum absolute atomic E-state index is 13.3. The topological polar surface area (TPSA) is 54.9 Å². The molecule has 2 aromatic heterocycles. The van der Waals surface area contributed by atoms with E-state index in [2.05, 4.69) is 10.3 Å². The third kappa shape index (κ3) is 4.31. The standard InChI is InChI=1S/C26H24FN3O/c1-17-6-4-8-21-22(14-23(30-24(17)21)18-7-5-13-28-15-18)25(31)29-16-26(2,3)19-9-11-20(27)12-10-19/h4-15H,16H2,1-3H3,(H,29,31). The summed E-state index contributed by atoms with van der Waals surface area (Å²) in [6, 6.07) is 17.8. The average molecular weight is 413 g/mol. The van der Waals surface area contributed by atoms with Crippen LogP contribution in [0.4, 0.5) is 4.39 Å². The van der Waals surface area contributed by atoms with Crippen molar-refractivity contribution in [2.75, 3.05) is 6.54 Å². The minimum absolute atomic E-state index is 0.168. The van der Waals surface area contributed by atoms with Crippen LogP contribution in [0.5, 0.6) is 0 Å². The van der Waals surface area contributed by atoms with Gasteiger partial charge in [0.1, 0.15) is 5.82 Å². The summed E-state index contributed by atoms with van der Waals surface area (Å²) in [4.78, 5) is 22.2. The number of nitrogens with zero attached hydrogens (tertiary/aromatic N) is 2. The van der Waals surface area contributed by atoms with Crippen molar-refractivity contribution in [2.24, 2.45) is 0 Å². The lowest BCUT2D eigenvalue weighted by Crippen LogP contribution is -2.36. The van der Waals surface area contributed by atoms with E-state index in [4.69, 9.17) is 4.98 Å². The number of aryl methyl sites for hydroxylation is 1. The normalized spacial score (nSPS) is 11.5. The van der Waals surface area contributed by atoms with E-state index in [0.29, 0.717) is 17.8 Å². The fourth-order valence-electron chi connectivity index (χ4n) is 3.64. The number of pyridine rings is 2. The quantitative estimate of drug-likeness (QED) is 0.473. The number of rotatable bonds is 5. The molecule has 0 saturated heterocycles. The molecule has 0 saturated carbocycles. The minimum Gasteiger partial charge on any atom is -0.351 e. The lowest BCUT2D eigenvalue weighted by atomic mass is 9.84. The van der Waals surface area contributed by atoms with Crippen molar-refractivity contribution in [1.82, 2.24) is 15.3 Å². The molecule has 0 aliphatic carbocycles. The average Bonchev–Trinajstić information content (AvgIpc) is 2.78. The maximum atomic E-state index is 13.3. The van der Waals surface area contributed by atoms with Crippen LogP contribution in [0.15, 0.2) is 73.1 Å². The maximum Gasteiger partial charge on any atom is 0.252 e. The monoisotopic (exact) mass is 413 g/mol. The van der Waals surface area contributed by atoms with E-state index in [0.717, 1.165) is 27.6 Å². The highest BCUT2D eigenvalue weighted by Gasteiger charge is 2.23. The Balaban J connectivity index is 1.68. The van der Waals surface area contributed by atoms with E-state index in [-0.39, 0.29) is 17.1 Å². The summed E-state index contributed by atoms with van der Waals surface area (Å²) in [6.07, 6.45) is 3.45. The zero-order valence-electron chi connectivity index (χ0n) is 17.8. The van der Waals surface area contributed by atoms with Crippen LogP contribution in [0.25, 0.3) is 22.2 Å². The fourth-order valence-corrected chi connectivity index (χ4v) is 3.64. The van der Waals surface area contributed by atoms with Crippen molar-refractivity contribution >= 4 is 16.8 Å². The van der Waals surface area contributed by atoms with Gasteiger partial charge in [0.05, 0.1) is 16.8 Å². The highest BCUT2D eigenvalue weighted by molar-refractivity contribution is 6.07. The molecule has 156 valence electrons. The molecule has 0 aliphatic rings. The first-order chi connectivity index (χ1) is 14.8. The van der Waals surface area contributed by atoms with Crippen LogP contribution in [0.3, 0.4) is 0 Å². The van der Waals surface area contributed by atoms with E-state index in [1.165, 1.54) is 12.1 Å². The molecule has 0 radical (unpaired) electrons. The molecule has 2 aromatic carbocycles. The lowest BCUT2D eigenvalue weighted by Gasteiger charge is -2.26. The Morgan fingerprint density at radius 1 is 1.06 bits per heavy atom. The molecule has 2 heterocycles. The van der Waals surface area contributed by atoms with Gasteiger partial charge in [-0.15, -0.1) is 0 Å². The molecule has 0 unspecified atom stereocenters. The lowest BCUT2D eigenvalue weighted by molar-refractivity contribution is 0.0947. The third-order valence-electron chi connectivity index (χ3n) is 5.56. The summed E-state index contributed by atoms with van der Waals surface area (Å²) in [5, 5.41) is 3.88. The van der Waals surface area contributed by atoms with Gasteiger partial charge in [0.25, 0.3) is 5.91 Å². The summed E-state index contributed by atoms with van der Waals surface area (Å²) in [7, 11) is 0. The zero-order chi connectivity index (χ0) is 22.0. The third-order valence-corrected chi connectivity index (χ3v) is 5.56. The number of para-hydroxylation sites is 1. The van der Waals surface area contributed by atoms with Crippen LogP contribution in [0.2, 0.25) is 0 Å². The first-order valence-electron chi connectivity index (χ1n) is 10.2. The SMILES string of the molecule is Cc1cccc2c(C(=O)NCC(C)(C)c3ccc(F)cc3)cc(-c3cccnc3)nc12. The van der Waals surface area contributed by atoms with Gasteiger partial charge in [-0.3, -0.25) is 9.78 Å². The molecular weight excluding hydrogens is 389 g/mol. The molecule has 0 atom stereocenters. The first-order valence-corrected chi connectivity index (χ1v) is 10.2. The fraction of sp³-hybridized carbons (Fsp3) is 0.192. The molecule has 0 fully saturated rings. The predicted molar refractivity (Wildman–Crippen MR) is 121 cm³/mol. The van der Waals surface area contributed by atoms with Crippen molar-refractivity contribution in [3.8, 4) is 11.3 Å². The molecule has 31 heavy (non-hydrogen) atoms. The molecule has 4 aromatic rings. The summed E-state index contributed by atoms with van der Waals surface area (Å²) >= 11 is 0. The number of hydrogen-bond acceptors (Lipinski definition) is 3. The largest absolute Gasteiger partial charge is 0.351 e. The van der Waals surface area contributed by atoms with E-state index in [1.807, 2.05) is 57.2 Å². The smallest absolute Gasteiger partial charge is 0.252 e. The molecule has 1 amide bonds. The number of nitrogens with one attached hydrogen (secondary N) is 1. The number of benzene rings is 2. The summed E-state index contributed by atoms with van der Waals surface area (Å²) < 4.78 is 13.3. The molecule has 5 heteroatoms. The van der Waals surface area contributed by atoms with E-state index < -0.39 is 0 Å².